The van der Waals surface area contributed by atoms with Crippen LogP contribution in [-0.4, -0.2) is 19.5 Å². The van der Waals surface area contributed by atoms with Crippen molar-refractivity contribution in [3.8, 4) is 5.75 Å². The van der Waals surface area contributed by atoms with Crippen LogP contribution in [0.15, 0.2) is 35.4 Å². The van der Waals surface area contributed by atoms with Gasteiger partial charge in [-0.25, -0.2) is 18.1 Å². The molecule has 7 heteroatoms. The van der Waals surface area contributed by atoms with Crippen LogP contribution < -0.4 is 9.46 Å². The minimum atomic E-state index is -3.53. The summed E-state index contributed by atoms with van der Waals surface area (Å²) in [6, 6.07) is 6.38. The summed E-state index contributed by atoms with van der Waals surface area (Å²) in [6.45, 7) is 5.97. The topological polar surface area (TPSA) is 68.3 Å². The predicted molar refractivity (Wildman–Crippen MR) is 83.1 cm³/mol. The number of thiazole rings is 1. The number of hydrogen-bond acceptors (Lipinski definition) is 5. The number of rotatable bonds is 6. The zero-order chi connectivity index (χ0) is 15.5. The monoisotopic (exact) mass is 326 g/mol. The molecule has 5 nitrogen and oxygen atoms in total. The van der Waals surface area contributed by atoms with E-state index in [-0.39, 0.29) is 17.5 Å². The molecular weight excluding hydrogens is 308 g/mol. The average molecular weight is 326 g/mol. The third-order valence-corrected chi connectivity index (χ3v) is 4.92. The highest BCUT2D eigenvalue weighted by Gasteiger charge is 2.14. The van der Waals surface area contributed by atoms with Gasteiger partial charge in [0.15, 0.2) is 0 Å². The van der Waals surface area contributed by atoms with Crippen molar-refractivity contribution in [2.75, 3.05) is 0 Å². The van der Waals surface area contributed by atoms with Gasteiger partial charge in [0, 0.05) is 11.1 Å². The quantitative estimate of drug-likeness (QED) is 0.886. The number of ether oxygens (including phenoxy) is 1. The van der Waals surface area contributed by atoms with Crippen molar-refractivity contribution in [3.63, 3.8) is 0 Å². The molecule has 21 heavy (non-hydrogen) atoms. The van der Waals surface area contributed by atoms with Gasteiger partial charge in [-0.05, 0) is 45.0 Å². The lowest BCUT2D eigenvalue weighted by molar-refractivity contribution is 0.242. The first kappa shape index (κ1) is 15.9. The number of hydrogen-bond donors (Lipinski definition) is 1. The largest absolute Gasteiger partial charge is 0.491 e. The fourth-order valence-corrected chi connectivity index (χ4v) is 3.50. The summed E-state index contributed by atoms with van der Waals surface area (Å²) in [6.07, 6.45) is 1.78. The Morgan fingerprint density at radius 2 is 1.95 bits per heavy atom. The maximum atomic E-state index is 12.2. The van der Waals surface area contributed by atoms with Crippen LogP contribution in [0.1, 0.15) is 23.7 Å². The van der Waals surface area contributed by atoms with Gasteiger partial charge in [0.1, 0.15) is 10.8 Å². The second kappa shape index (κ2) is 6.55. The number of nitrogens with zero attached hydrogens (tertiary/aromatic N) is 1. The van der Waals surface area contributed by atoms with Crippen molar-refractivity contribution in [2.45, 2.75) is 38.3 Å². The first-order valence-electron chi connectivity index (χ1n) is 6.54. The highest BCUT2D eigenvalue weighted by atomic mass is 32.2. The summed E-state index contributed by atoms with van der Waals surface area (Å²) in [4.78, 5) is 5.40. The first-order valence-corrected chi connectivity index (χ1v) is 8.84. The van der Waals surface area contributed by atoms with E-state index in [0.717, 1.165) is 9.88 Å². The van der Waals surface area contributed by atoms with E-state index in [0.29, 0.717) is 5.75 Å². The lowest BCUT2D eigenvalue weighted by Gasteiger charge is -2.10. The molecule has 0 aliphatic rings. The number of sulfonamides is 1. The Morgan fingerprint density at radius 1 is 1.29 bits per heavy atom. The molecule has 1 heterocycles. The number of benzene rings is 1. The molecule has 1 aromatic heterocycles. The summed E-state index contributed by atoms with van der Waals surface area (Å²) in [5, 5.41) is 0.746. The number of nitrogens with one attached hydrogen (secondary N) is 1. The van der Waals surface area contributed by atoms with Crippen LogP contribution in [-0.2, 0) is 16.6 Å². The predicted octanol–water partition coefficient (Wildman–Crippen LogP) is 2.72. The summed E-state index contributed by atoms with van der Waals surface area (Å²) in [5.41, 5.74) is 0. The molecule has 0 spiro atoms. The molecule has 0 fully saturated rings. The Balaban J connectivity index is 2.05. The maximum absolute atomic E-state index is 12.2. The number of aromatic nitrogens is 1. The smallest absolute Gasteiger partial charge is 0.240 e. The van der Waals surface area contributed by atoms with Crippen LogP contribution in [0.4, 0.5) is 0 Å². The van der Waals surface area contributed by atoms with Gasteiger partial charge < -0.3 is 4.74 Å². The molecule has 0 saturated carbocycles. The lowest BCUT2D eigenvalue weighted by Crippen LogP contribution is -2.23. The molecule has 1 N–H and O–H groups in total. The van der Waals surface area contributed by atoms with Gasteiger partial charge in [-0.3, -0.25) is 0 Å². The van der Waals surface area contributed by atoms with E-state index < -0.39 is 10.0 Å². The first-order chi connectivity index (χ1) is 9.87. The molecule has 0 atom stereocenters. The van der Waals surface area contributed by atoms with E-state index in [1.807, 2.05) is 20.8 Å². The van der Waals surface area contributed by atoms with E-state index in [1.54, 1.807) is 18.3 Å². The molecule has 0 aliphatic heterocycles. The zero-order valence-electron chi connectivity index (χ0n) is 12.2. The second-order valence-corrected chi connectivity index (χ2v) is 7.91. The van der Waals surface area contributed by atoms with Crippen molar-refractivity contribution >= 4 is 21.4 Å². The van der Waals surface area contributed by atoms with Gasteiger partial charge in [0.2, 0.25) is 10.0 Å². The molecule has 2 rings (SSSR count). The van der Waals surface area contributed by atoms with Crippen molar-refractivity contribution < 1.29 is 13.2 Å². The molecule has 2 aromatic rings. The van der Waals surface area contributed by atoms with Crippen molar-refractivity contribution in [1.29, 1.82) is 0 Å². The molecule has 0 radical (unpaired) electrons. The summed E-state index contributed by atoms with van der Waals surface area (Å²) in [5.74, 6) is 0.652. The molecule has 0 unspecified atom stereocenters. The van der Waals surface area contributed by atoms with Gasteiger partial charge in [0.05, 0.1) is 17.5 Å². The molecule has 114 valence electrons. The van der Waals surface area contributed by atoms with Crippen LogP contribution >= 0.6 is 11.3 Å². The Bertz CT molecular complexity index is 691. The second-order valence-electron chi connectivity index (χ2n) is 4.83. The maximum Gasteiger partial charge on any atom is 0.240 e. The van der Waals surface area contributed by atoms with Crippen LogP contribution in [0.3, 0.4) is 0 Å². The van der Waals surface area contributed by atoms with Gasteiger partial charge in [-0.1, -0.05) is 0 Å². The third kappa shape index (κ3) is 4.52. The highest BCUT2D eigenvalue weighted by molar-refractivity contribution is 7.89. The normalized spacial score (nSPS) is 11.8. The third-order valence-electron chi connectivity index (χ3n) is 2.59. The summed E-state index contributed by atoms with van der Waals surface area (Å²) < 4.78 is 32.4. The zero-order valence-corrected chi connectivity index (χ0v) is 13.8. The minimum Gasteiger partial charge on any atom is -0.491 e. The van der Waals surface area contributed by atoms with Crippen LogP contribution in [0.25, 0.3) is 0 Å². The number of aryl methyl sites for hydroxylation is 1. The summed E-state index contributed by atoms with van der Waals surface area (Å²) >= 11 is 1.47. The fraction of sp³-hybridized carbons (Fsp3) is 0.357. The highest BCUT2D eigenvalue weighted by Crippen LogP contribution is 2.18. The molecule has 0 bridgehead atoms. The standard InChI is InChI=1S/C14H18N2O3S2/c1-10(2)19-12-4-6-13(7-5-12)21(17,18)16-9-14-15-8-11(3)20-14/h4-8,10,16H,9H2,1-3H3. The van der Waals surface area contributed by atoms with Crippen molar-refractivity contribution in [3.05, 3.63) is 40.3 Å². The van der Waals surface area contributed by atoms with Gasteiger partial charge in [0.25, 0.3) is 0 Å². The van der Waals surface area contributed by atoms with E-state index in [9.17, 15) is 8.42 Å². The average Bonchev–Trinajstić information content (AvgIpc) is 2.82. The fourth-order valence-electron chi connectivity index (χ4n) is 1.69. The minimum absolute atomic E-state index is 0.0544. The molecule has 0 saturated heterocycles. The Labute approximate surface area is 129 Å². The van der Waals surface area contributed by atoms with E-state index in [2.05, 4.69) is 9.71 Å². The van der Waals surface area contributed by atoms with Crippen molar-refractivity contribution in [2.24, 2.45) is 0 Å². The van der Waals surface area contributed by atoms with Gasteiger partial charge in [-0.2, -0.15) is 0 Å². The van der Waals surface area contributed by atoms with Gasteiger partial charge >= 0.3 is 0 Å². The Morgan fingerprint density at radius 3 is 2.48 bits per heavy atom. The SMILES string of the molecule is Cc1cnc(CNS(=O)(=O)c2ccc(OC(C)C)cc2)s1. The van der Waals surface area contributed by atoms with E-state index in [1.165, 1.54) is 23.5 Å². The van der Waals surface area contributed by atoms with E-state index in [4.69, 9.17) is 4.74 Å². The summed E-state index contributed by atoms with van der Waals surface area (Å²) in [7, 11) is -3.53. The molecule has 1 aromatic carbocycles. The van der Waals surface area contributed by atoms with Crippen molar-refractivity contribution in [1.82, 2.24) is 9.71 Å². The van der Waals surface area contributed by atoms with Gasteiger partial charge in [-0.15, -0.1) is 11.3 Å². The molecule has 0 aliphatic carbocycles. The van der Waals surface area contributed by atoms with Crippen LogP contribution in [0.5, 0.6) is 5.75 Å². The lowest BCUT2D eigenvalue weighted by atomic mass is 10.3. The van der Waals surface area contributed by atoms with E-state index >= 15 is 0 Å². The van der Waals surface area contributed by atoms with Crippen LogP contribution in [0.2, 0.25) is 0 Å². The molecular formula is C14H18N2O3S2. The van der Waals surface area contributed by atoms with Crippen LogP contribution in [0, 0.1) is 6.92 Å². The Hall–Kier alpha value is -1.44. The Kier molecular flexibility index (Phi) is 4.97. The molecule has 0 amide bonds.